The van der Waals surface area contributed by atoms with Crippen LogP contribution in [-0.4, -0.2) is 35.5 Å². The molecular weight excluding hydrogens is 364 g/mol. The smallest absolute Gasteiger partial charge is 0.254 e. The van der Waals surface area contributed by atoms with E-state index in [4.69, 9.17) is 14.1 Å². The number of hydrogen-bond acceptors (Lipinski definition) is 4. The van der Waals surface area contributed by atoms with Crippen LogP contribution < -0.4 is 0 Å². The maximum absolute atomic E-state index is 13.4. The normalized spacial score (nSPS) is 17.2. The summed E-state index contributed by atoms with van der Waals surface area (Å²) in [5.41, 5.74) is 3.66. The Morgan fingerprint density at radius 3 is 2.59 bits per heavy atom. The highest BCUT2D eigenvalue weighted by Gasteiger charge is 2.29. The average molecular weight is 388 g/mol. The van der Waals surface area contributed by atoms with Gasteiger partial charge in [-0.2, -0.15) is 0 Å². The third-order valence-corrected chi connectivity index (χ3v) is 5.84. The fourth-order valence-electron chi connectivity index (χ4n) is 4.22. The number of carbonyl (C=O) groups excluding carboxylic acids is 1. The summed E-state index contributed by atoms with van der Waals surface area (Å²) in [6.07, 6.45) is 2.61. The molecule has 0 radical (unpaired) electrons. The Labute approximate surface area is 170 Å². The van der Waals surface area contributed by atoms with E-state index in [9.17, 15) is 4.79 Å². The highest BCUT2D eigenvalue weighted by Crippen LogP contribution is 2.31. The van der Waals surface area contributed by atoms with Crippen LogP contribution in [0.3, 0.4) is 0 Å². The number of carbonyl (C=O) groups is 1. The van der Waals surface area contributed by atoms with Crippen molar-refractivity contribution in [1.82, 2.24) is 9.88 Å². The van der Waals surface area contributed by atoms with Crippen LogP contribution in [0.5, 0.6) is 0 Å². The minimum absolute atomic E-state index is 0.0470. The Balaban J connectivity index is 1.38. The lowest BCUT2D eigenvalue weighted by atomic mass is 9.98. The van der Waals surface area contributed by atoms with Gasteiger partial charge in [0.2, 0.25) is 0 Å². The summed E-state index contributed by atoms with van der Waals surface area (Å²) in [5.74, 6) is 2.13. The van der Waals surface area contributed by atoms with Gasteiger partial charge in [0.1, 0.15) is 11.5 Å². The maximum atomic E-state index is 13.4. The third-order valence-electron chi connectivity index (χ3n) is 5.84. The predicted octanol–water partition coefficient (Wildman–Crippen LogP) is 4.43. The number of oxazole rings is 1. The summed E-state index contributed by atoms with van der Waals surface area (Å²) in [7, 11) is 0. The van der Waals surface area contributed by atoms with Crippen LogP contribution in [0.4, 0.5) is 0 Å². The lowest BCUT2D eigenvalue weighted by Gasteiger charge is -2.26. The number of benzene rings is 2. The summed E-state index contributed by atoms with van der Waals surface area (Å²) in [6.45, 7) is 2.68. The molecule has 5 rings (SSSR count). The summed E-state index contributed by atoms with van der Waals surface area (Å²) in [6, 6.07) is 17.9. The first kappa shape index (κ1) is 18.1. The zero-order chi connectivity index (χ0) is 19.6. The van der Waals surface area contributed by atoms with Crippen molar-refractivity contribution in [3.63, 3.8) is 0 Å². The second-order valence-corrected chi connectivity index (χ2v) is 7.70. The highest BCUT2D eigenvalue weighted by atomic mass is 16.5. The molecule has 0 saturated carbocycles. The SMILES string of the molecule is O=C(c1ccccc1-c1ccccc1)N1CCc2oc(C3CCOCC3)nc2C1. The third kappa shape index (κ3) is 3.58. The molecule has 2 aliphatic rings. The van der Waals surface area contributed by atoms with Crippen molar-refractivity contribution < 1.29 is 13.9 Å². The van der Waals surface area contributed by atoms with E-state index < -0.39 is 0 Å². The molecular formula is C24H24N2O3. The van der Waals surface area contributed by atoms with Gasteiger partial charge in [-0.15, -0.1) is 0 Å². The van der Waals surface area contributed by atoms with Crippen molar-refractivity contribution in [3.8, 4) is 11.1 Å². The number of aromatic nitrogens is 1. The largest absolute Gasteiger partial charge is 0.445 e. The minimum Gasteiger partial charge on any atom is -0.445 e. The Kier molecular flexibility index (Phi) is 4.90. The molecule has 29 heavy (non-hydrogen) atoms. The maximum Gasteiger partial charge on any atom is 0.254 e. The monoisotopic (exact) mass is 388 g/mol. The number of ether oxygens (including phenoxy) is 1. The first-order chi connectivity index (χ1) is 14.3. The first-order valence-corrected chi connectivity index (χ1v) is 10.3. The molecule has 1 fully saturated rings. The Hall–Kier alpha value is -2.92. The van der Waals surface area contributed by atoms with E-state index >= 15 is 0 Å². The van der Waals surface area contributed by atoms with Gasteiger partial charge in [-0.25, -0.2) is 4.98 Å². The van der Waals surface area contributed by atoms with Crippen LogP contribution in [0.15, 0.2) is 59.0 Å². The second-order valence-electron chi connectivity index (χ2n) is 7.70. The van der Waals surface area contributed by atoms with Gasteiger partial charge < -0.3 is 14.1 Å². The molecule has 1 saturated heterocycles. The number of rotatable bonds is 3. The summed E-state index contributed by atoms with van der Waals surface area (Å²) < 4.78 is 11.5. The predicted molar refractivity (Wildman–Crippen MR) is 110 cm³/mol. The van der Waals surface area contributed by atoms with Crippen molar-refractivity contribution in [2.45, 2.75) is 31.7 Å². The van der Waals surface area contributed by atoms with E-state index in [0.29, 0.717) is 25.4 Å². The van der Waals surface area contributed by atoms with E-state index in [1.807, 2.05) is 59.5 Å². The number of amides is 1. The van der Waals surface area contributed by atoms with Gasteiger partial charge in [-0.05, 0) is 30.0 Å². The lowest BCUT2D eigenvalue weighted by molar-refractivity contribution is 0.0726. The molecule has 5 heteroatoms. The summed E-state index contributed by atoms with van der Waals surface area (Å²) >= 11 is 0. The fraction of sp³-hybridized carbons (Fsp3) is 0.333. The molecule has 2 aliphatic heterocycles. The highest BCUT2D eigenvalue weighted by molar-refractivity contribution is 6.00. The Bertz CT molecular complexity index is 1010. The summed E-state index contributed by atoms with van der Waals surface area (Å²) in [5, 5.41) is 0. The van der Waals surface area contributed by atoms with Gasteiger partial charge in [0.05, 0.1) is 6.54 Å². The van der Waals surface area contributed by atoms with E-state index in [1.165, 1.54) is 0 Å². The van der Waals surface area contributed by atoms with Crippen molar-refractivity contribution >= 4 is 5.91 Å². The molecule has 0 unspecified atom stereocenters. The number of hydrogen-bond donors (Lipinski definition) is 0. The molecule has 0 bridgehead atoms. The molecule has 0 atom stereocenters. The quantitative estimate of drug-likeness (QED) is 0.666. The zero-order valence-corrected chi connectivity index (χ0v) is 16.3. The average Bonchev–Trinajstić information content (AvgIpc) is 3.23. The Morgan fingerprint density at radius 1 is 1.00 bits per heavy atom. The van der Waals surface area contributed by atoms with E-state index in [1.54, 1.807) is 0 Å². The van der Waals surface area contributed by atoms with Gasteiger partial charge in [0.15, 0.2) is 5.89 Å². The molecule has 5 nitrogen and oxygen atoms in total. The topological polar surface area (TPSA) is 55.6 Å². The number of nitrogens with zero attached hydrogens (tertiary/aromatic N) is 2. The van der Waals surface area contributed by atoms with E-state index in [-0.39, 0.29) is 5.91 Å². The zero-order valence-electron chi connectivity index (χ0n) is 16.3. The van der Waals surface area contributed by atoms with E-state index in [2.05, 4.69) is 0 Å². The van der Waals surface area contributed by atoms with Gasteiger partial charge in [-0.3, -0.25) is 4.79 Å². The van der Waals surface area contributed by atoms with Gasteiger partial charge in [-0.1, -0.05) is 48.5 Å². The van der Waals surface area contributed by atoms with Crippen molar-refractivity contribution in [2.24, 2.45) is 0 Å². The molecule has 1 amide bonds. The molecule has 0 aliphatic carbocycles. The van der Waals surface area contributed by atoms with Crippen LogP contribution >= 0.6 is 0 Å². The van der Waals surface area contributed by atoms with E-state index in [0.717, 1.165) is 60.1 Å². The van der Waals surface area contributed by atoms with Crippen LogP contribution in [0.1, 0.15) is 46.5 Å². The standard InChI is InChI=1S/C24H24N2O3/c27-24(20-9-5-4-8-19(20)17-6-2-1-3-7-17)26-13-10-22-21(16-26)25-23(29-22)18-11-14-28-15-12-18/h1-9,18H,10-16H2. The molecule has 2 aromatic carbocycles. The first-order valence-electron chi connectivity index (χ1n) is 10.3. The van der Waals surface area contributed by atoms with Crippen LogP contribution in [0.25, 0.3) is 11.1 Å². The number of fused-ring (bicyclic) bond motifs is 1. The molecule has 0 spiro atoms. The molecule has 0 N–H and O–H groups in total. The molecule has 1 aromatic heterocycles. The Morgan fingerprint density at radius 2 is 1.76 bits per heavy atom. The fourth-order valence-corrected chi connectivity index (χ4v) is 4.22. The van der Waals surface area contributed by atoms with Gasteiger partial charge >= 0.3 is 0 Å². The second kappa shape index (κ2) is 7.84. The molecule has 3 heterocycles. The van der Waals surface area contributed by atoms with Crippen molar-refractivity contribution in [3.05, 3.63) is 77.5 Å². The van der Waals surface area contributed by atoms with Crippen molar-refractivity contribution in [1.29, 1.82) is 0 Å². The molecule has 148 valence electrons. The van der Waals surface area contributed by atoms with Crippen LogP contribution in [0.2, 0.25) is 0 Å². The molecule has 3 aromatic rings. The van der Waals surface area contributed by atoms with Crippen LogP contribution in [-0.2, 0) is 17.7 Å². The lowest BCUT2D eigenvalue weighted by Crippen LogP contribution is -2.36. The van der Waals surface area contributed by atoms with Crippen molar-refractivity contribution in [2.75, 3.05) is 19.8 Å². The van der Waals surface area contributed by atoms with Crippen LogP contribution in [0, 0.1) is 0 Å². The van der Waals surface area contributed by atoms with Gasteiger partial charge in [0.25, 0.3) is 5.91 Å². The summed E-state index contributed by atoms with van der Waals surface area (Å²) in [4.78, 5) is 20.0. The minimum atomic E-state index is 0.0470. The van der Waals surface area contributed by atoms with Gasteiger partial charge in [0, 0.05) is 37.7 Å².